The molecule has 0 saturated carbocycles. The number of rotatable bonds is 15. The summed E-state index contributed by atoms with van der Waals surface area (Å²) in [5.41, 5.74) is 7.30. The molecule has 0 heterocycles. The summed E-state index contributed by atoms with van der Waals surface area (Å²) >= 11 is 5.30. The van der Waals surface area contributed by atoms with E-state index in [1.165, 1.54) is 24.0 Å². The monoisotopic (exact) mass is 1100 g/mol. The third kappa shape index (κ3) is 14.8. The van der Waals surface area contributed by atoms with E-state index in [2.05, 4.69) is 83.3 Å². The third-order valence-electron chi connectivity index (χ3n) is 10.7. The van der Waals surface area contributed by atoms with Crippen LogP contribution < -0.4 is 13.3 Å². The fraction of sp³-hybridized carbons (Fsp3) is 0.533. The van der Waals surface area contributed by atoms with Crippen molar-refractivity contribution in [3.63, 3.8) is 0 Å². The zero-order valence-electron chi connectivity index (χ0n) is 33.7. The first-order valence-electron chi connectivity index (χ1n) is 19.6. The molecule has 0 aliphatic heterocycles. The Kier molecular flexibility index (Phi) is 22.9. The number of unbranched alkanes of at least 4 members (excludes halogenated alkanes) is 4. The van der Waals surface area contributed by atoms with Crippen molar-refractivity contribution in [2.45, 2.75) is 130 Å². The van der Waals surface area contributed by atoms with Gasteiger partial charge in [0.1, 0.15) is 35.2 Å². The van der Waals surface area contributed by atoms with Crippen LogP contribution in [0.15, 0.2) is 65.8 Å². The minimum absolute atomic E-state index is 0.00472. The molecule has 2 aromatic carbocycles. The van der Waals surface area contributed by atoms with E-state index in [9.17, 15) is 25.2 Å². The van der Waals surface area contributed by atoms with Crippen LogP contribution in [-0.4, -0.2) is 44.7 Å². The number of hydrogen-bond acceptors (Lipinski definition) is 7. The molecule has 0 fully saturated rings. The molecular formula is C45H64I3O7-. The van der Waals surface area contributed by atoms with Crippen molar-refractivity contribution in [3.8, 4) is 23.0 Å². The van der Waals surface area contributed by atoms with Crippen LogP contribution in [0.2, 0.25) is 0 Å². The van der Waals surface area contributed by atoms with E-state index in [4.69, 9.17) is 9.84 Å². The molecule has 2 aromatic rings. The van der Waals surface area contributed by atoms with Gasteiger partial charge in [-0.2, -0.15) is 0 Å². The van der Waals surface area contributed by atoms with Crippen molar-refractivity contribution >= 4 is 43.2 Å². The van der Waals surface area contributed by atoms with E-state index in [1.807, 2.05) is 32.9 Å². The van der Waals surface area contributed by atoms with Gasteiger partial charge in [0.25, 0.3) is 0 Å². The molecule has 4 rings (SSSR count). The molecule has 5 N–H and O–H groups in total. The Morgan fingerprint density at radius 3 is 1.69 bits per heavy atom. The molecule has 0 spiro atoms. The zero-order chi connectivity index (χ0) is 41.2. The van der Waals surface area contributed by atoms with E-state index in [0.717, 1.165) is 74.5 Å². The van der Waals surface area contributed by atoms with Crippen LogP contribution in [0.4, 0.5) is 0 Å². The van der Waals surface area contributed by atoms with Crippen molar-refractivity contribution in [3.05, 3.63) is 93.6 Å². The molecule has 55 heavy (non-hydrogen) atoms. The third-order valence-corrected chi connectivity index (χ3v) is 10.7. The average molecular weight is 1100 g/mol. The minimum atomic E-state index is -0.673. The standard InChI is InChI=1S/C24H34O5.C21H30O2.I3/c1-5-6-7-8-17-14-20(26)22(23(27)21(17)24(28)29-12-11-25)19-13-16(4)9-10-18(19)15(2)3;1-5-6-7-8-16-12-19(22)21(20(23)13-16)18-11-15(4)9-10-17(18)14(2)3;1-3-2/h13-14,18-19,25-27H,2,5-12H2,1,3-4H3;11-13,17-18,22-23H,2,5-10H2,1,3-4H3;/q;;-1/t18-,19+;17-,18+;/m00./s1. The molecule has 10 heteroatoms. The summed E-state index contributed by atoms with van der Waals surface area (Å²) in [7, 11) is 0. The van der Waals surface area contributed by atoms with Crippen LogP contribution in [0.3, 0.4) is 0 Å². The first-order valence-corrected chi connectivity index (χ1v) is 32.2. The molecule has 0 aromatic heterocycles. The van der Waals surface area contributed by atoms with Gasteiger partial charge in [-0.15, -0.1) is 0 Å². The van der Waals surface area contributed by atoms with Gasteiger partial charge in [0.15, 0.2) is 0 Å². The second-order valence-electron chi connectivity index (χ2n) is 15.1. The number of phenolic OH excluding ortho intramolecular Hbond substituents is 4. The number of aromatic hydroxyl groups is 4. The summed E-state index contributed by atoms with van der Waals surface area (Å²) in [6.45, 7) is 20.2. The first-order chi connectivity index (χ1) is 26.2. The number of carbonyl (C=O) groups is 1. The predicted octanol–water partition coefficient (Wildman–Crippen LogP) is 9.62. The predicted molar refractivity (Wildman–Crippen MR) is 239 cm³/mol. The number of hydrogen-bond donors (Lipinski definition) is 5. The molecule has 4 atom stereocenters. The molecule has 2 aliphatic rings. The van der Waals surface area contributed by atoms with Crippen molar-refractivity contribution in [2.75, 3.05) is 13.2 Å². The Morgan fingerprint density at radius 2 is 1.24 bits per heavy atom. The summed E-state index contributed by atoms with van der Waals surface area (Å²) < 4.78 is 5.12. The van der Waals surface area contributed by atoms with Gasteiger partial charge in [-0.1, -0.05) is 87.1 Å². The van der Waals surface area contributed by atoms with Gasteiger partial charge in [0.05, 0.1) is 6.61 Å². The van der Waals surface area contributed by atoms with E-state index in [0.29, 0.717) is 36.4 Å². The number of aryl methyl sites for hydroxylation is 2. The fourth-order valence-corrected chi connectivity index (χ4v) is 7.81. The van der Waals surface area contributed by atoms with Crippen LogP contribution in [0.25, 0.3) is 0 Å². The fourth-order valence-electron chi connectivity index (χ4n) is 7.81. The van der Waals surface area contributed by atoms with Crippen LogP contribution in [0.5, 0.6) is 23.0 Å². The maximum atomic E-state index is 12.7. The molecule has 0 radical (unpaired) electrons. The van der Waals surface area contributed by atoms with Crippen LogP contribution in [-0.2, 0) is 17.6 Å². The Labute approximate surface area is 360 Å². The SMILES string of the molecule is C=C(C)[C@@H]1CCC(C)=C[C@H]1c1c(O)cc(CCCCC)c(C(=O)OCCO)c1O.C=C(C)[C@@H]1CCC(C)=C[C@H]1c1c(O)cc(CCCCC)cc1O.I[I-]I. The number of allylic oxidation sites excluding steroid dienone is 6. The Bertz CT molecular complexity index is 1620. The van der Waals surface area contributed by atoms with Gasteiger partial charge >= 0.3 is 56.5 Å². The summed E-state index contributed by atoms with van der Waals surface area (Å²) in [5.74, 6) is -0.341. The Morgan fingerprint density at radius 1 is 0.782 bits per heavy atom. The second-order valence-corrected chi connectivity index (χ2v) is 31.4. The number of benzene rings is 2. The number of carbonyl (C=O) groups excluding carboxylic acids is 1. The zero-order valence-corrected chi connectivity index (χ0v) is 40.2. The van der Waals surface area contributed by atoms with E-state index in [1.54, 1.807) is 6.07 Å². The van der Waals surface area contributed by atoms with E-state index in [-0.39, 0.29) is 65.4 Å². The normalized spacial score (nSPS) is 19.2. The quantitative estimate of drug-likeness (QED) is 0.0521. The second kappa shape index (κ2) is 25.6. The summed E-state index contributed by atoms with van der Waals surface area (Å²) in [4.78, 5) is 12.7. The van der Waals surface area contributed by atoms with Crippen molar-refractivity contribution in [1.82, 2.24) is 0 Å². The number of halogens is 3. The molecule has 7 nitrogen and oxygen atoms in total. The number of esters is 1. The van der Waals surface area contributed by atoms with Gasteiger partial charge < -0.3 is 30.3 Å². The van der Waals surface area contributed by atoms with E-state index < -0.39 is 5.97 Å². The number of aliphatic hydroxyl groups excluding tert-OH is 1. The number of aliphatic hydroxyl groups is 1. The molecule has 0 amide bonds. The van der Waals surface area contributed by atoms with Gasteiger partial charge in [-0.05, 0) is 120 Å². The summed E-state index contributed by atoms with van der Waals surface area (Å²) in [6, 6.07) is 5.25. The molecule has 0 saturated heterocycles. The van der Waals surface area contributed by atoms with Crippen LogP contribution in [0.1, 0.15) is 150 Å². The Balaban J connectivity index is 0.000000363. The summed E-state index contributed by atoms with van der Waals surface area (Å²) in [6.07, 6.45) is 15.9. The molecule has 2 aliphatic carbocycles. The maximum absolute atomic E-state index is 12.7. The number of phenols is 4. The molecule has 0 unspecified atom stereocenters. The summed E-state index contributed by atoms with van der Waals surface area (Å²) in [5, 5.41) is 52.1. The topological polar surface area (TPSA) is 127 Å². The van der Waals surface area contributed by atoms with Gasteiger partial charge in [-0.3, -0.25) is 0 Å². The van der Waals surface area contributed by atoms with Gasteiger partial charge in [-0.25, -0.2) is 4.79 Å². The molecule has 308 valence electrons. The van der Waals surface area contributed by atoms with E-state index >= 15 is 0 Å². The molecular weight excluding hydrogens is 1030 g/mol. The van der Waals surface area contributed by atoms with Gasteiger partial charge in [0.2, 0.25) is 0 Å². The van der Waals surface area contributed by atoms with Crippen molar-refractivity contribution in [1.29, 1.82) is 0 Å². The molecule has 0 bridgehead atoms. The Hall–Kier alpha value is -1.78. The van der Waals surface area contributed by atoms with Crippen molar-refractivity contribution in [2.24, 2.45) is 11.8 Å². The first kappa shape index (κ1) is 49.4. The number of ether oxygens (including phenoxy) is 1. The average Bonchev–Trinajstić information content (AvgIpc) is 3.11. The van der Waals surface area contributed by atoms with Crippen molar-refractivity contribution < 1.29 is 48.3 Å². The van der Waals surface area contributed by atoms with Crippen LogP contribution >= 0.6 is 37.2 Å². The van der Waals surface area contributed by atoms with Gasteiger partial charge in [0, 0.05) is 23.0 Å². The van der Waals surface area contributed by atoms with Crippen LogP contribution in [0, 0.1) is 11.8 Å².